The average molecular weight is 233 g/mol. The zero-order valence-electron chi connectivity index (χ0n) is 9.04. The van der Waals surface area contributed by atoms with Gasteiger partial charge in [-0.05, 0) is 30.2 Å². The van der Waals surface area contributed by atoms with Crippen molar-refractivity contribution in [3.63, 3.8) is 0 Å². The van der Waals surface area contributed by atoms with Crippen molar-refractivity contribution < 1.29 is 4.55 Å². The maximum atomic E-state index is 12.1. The van der Waals surface area contributed by atoms with Crippen molar-refractivity contribution >= 4 is 11.2 Å². The minimum Gasteiger partial charge on any atom is -0.614 e. The molecule has 4 heteroatoms. The Morgan fingerprint density at radius 3 is 2.81 bits per heavy atom. The van der Waals surface area contributed by atoms with Crippen molar-refractivity contribution in [2.45, 2.75) is 12.3 Å². The SMILES string of the molecule is CC[S+]([O-])C(c1cc[c]cc1)n1cccn1. The van der Waals surface area contributed by atoms with Crippen LogP contribution in [0, 0.1) is 6.07 Å². The molecule has 0 amide bonds. The summed E-state index contributed by atoms with van der Waals surface area (Å²) in [5.74, 6) is 0.614. The number of hydrogen-bond donors (Lipinski definition) is 0. The van der Waals surface area contributed by atoms with E-state index in [0.29, 0.717) is 5.75 Å². The van der Waals surface area contributed by atoms with Crippen molar-refractivity contribution in [3.05, 3.63) is 54.4 Å². The predicted molar refractivity (Wildman–Crippen MR) is 64.3 cm³/mol. The van der Waals surface area contributed by atoms with Crippen LogP contribution >= 0.6 is 0 Å². The van der Waals surface area contributed by atoms with Gasteiger partial charge in [0.2, 0.25) is 5.37 Å². The van der Waals surface area contributed by atoms with Gasteiger partial charge in [0.15, 0.2) is 0 Å². The van der Waals surface area contributed by atoms with Crippen molar-refractivity contribution in [1.82, 2.24) is 9.78 Å². The largest absolute Gasteiger partial charge is 0.614 e. The van der Waals surface area contributed by atoms with Crippen LogP contribution in [0.3, 0.4) is 0 Å². The number of aromatic nitrogens is 2. The van der Waals surface area contributed by atoms with Crippen molar-refractivity contribution in [3.8, 4) is 0 Å². The van der Waals surface area contributed by atoms with Gasteiger partial charge in [-0.3, -0.25) is 0 Å². The highest BCUT2D eigenvalue weighted by atomic mass is 32.2. The first kappa shape index (κ1) is 11.2. The molecule has 16 heavy (non-hydrogen) atoms. The van der Waals surface area contributed by atoms with E-state index in [9.17, 15) is 4.55 Å². The first-order chi connectivity index (χ1) is 7.83. The maximum absolute atomic E-state index is 12.1. The summed E-state index contributed by atoms with van der Waals surface area (Å²) in [6.45, 7) is 1.92. The Kier molecular flexibility index (Phi) is 3.64. The molecular weight excluding hydrogens is 220 g/mol. The van der Waals surface area contributed by atoms with Crippen LogP contribution in [0.25, 0.3) is 0 Å². The summed E-state index contributed by atoms with van der Waals surface area (Å²) in [5, 5.41) is 3.98. The fourth-order valence-corrected chi connectivity index (χ4v) is 2.71. The molecule has 0 aliphatic carbocycles. The zero-order chi connectivity index (χ0) is 11.4. The Hall–Kier alpha value is -1.26. The molecule has 0 N–H and O–H groups in total. The second-order valence-electron chi connectivity index (χ2n) is 3.34. The molecular formula is C12H13N2OS. The van der Waals surface area contributed by atoms with Crippen LogP contribution in [-0.2, 0) is 11.2 Å². The molecule has 2 rings (SSSR count). The van der Waals surface area contributed by atoms with E-state index in [2.05, 4.69) is 11.2 Å². The molecule has 0 saturated carbocycles. The van der Waals surface area contributed by atoms with Gasteiger partial charge in [0, 0.05) is 18.0 Å². The third-order valence-corrected chi connectivity index (χ3v) is 3.88. The fraction of sp³-hybridized carbons (Fsp3) is 0.250. The molecule has 0 bridgehead atoms. The van der Waals surface area contributed by atoms with Gasteiger partial charge in [-0.1, -0.05) is 24.3 Å². The Bertz CT molecular complexity index is 416. The van der Waals surface area contributed by atoms with Gasteiger partial charge in [0.05, 0.1) is 0 Å². The summed E-state index contributed by atoms with van der Waals surface area (Å²) in [6.07, 6.45) is 3.55. The molecule has 0 fully saturated rings. The van der Waals surface area contributed by atoms with E-state index >= 15 is 0 Å². The minimum atomic E-state index is -0.959. The highest BCUT2D eigenvalue weighted by molar-refractivity contribution is 7.91. The Labute approximate surface area is 98.3 Å². The van der Waals surface area contributed by atoms with Crippen LogP contribution in [0.2, 0.25) is 0 Å². The summed E-state index contributed by atoms with van der Waals surface area (Å²) in [5.41, 5.74) is 1.00. The molecule has 1 aromatic carbocycles. The van der Waals surface area contributed by atoms with Crippen molar-refractivity contribution in [2.24, 2.45) is 0 Å². The topological polar surface area (TPSA) is 40.9 Å². The summed E-state index contributed by atoms with van der Waals surface area (Å²) < 4.78 is 13.8. The van der Waals surface area contributed by atoms with Crippen LogP contribution < -0.4 is 0 Å². The lowest BCUT2D eigenvalue weighted by atomic mass is 10.2. The Balaban J connectivity index is 2.36. The Morgan fingerprint density at radius 1 is 1.50 bits per heavy atom. The van der Waals surface area contributed by atoms with E-state index in [4.69, 9.17) is 0 Å². The summed E-state index contributed by atoms with van der Waals surface area (Å²) in [4.78, 5) is 0. The number of benzene rings is 1. The molecule has 0 aliphatic rings. The van der Waals surface area contributed by atoms with Gasteiger partial charge in [-0.15, -0.1) is 0 Å². The van der Waals surface area contributed by atoms with Crippen molar-refractivity contribution in [2.75, 3.05) is 5.75 Å². The third-order valence-electron chi connectivity index (χ3n) is 2.33. The molecule has 3 nitrogen and oxygen atoms in total. The Morgan fingerprint density at radius 2 is 2.25 bits per heavy atom. The van der Waals surface area contributed by atoms with Gasteiger partial charge in [0.25, 0.3) is 0 Å². The van der Waals surface area contributed by atoms with E-state index < -0.39 is 11.2 Å². The maximum Gasteiger partial charge on any atom is 0.232 e. The lowest BCUT2D eigenvalue weighted by molar-refractivity contribution is 0.551. The monoisotopic (exact) mass is 233 g/mol. The summed E-state index contributed by atoms with van der Waals surface area (Å²) >= 11 is -0.959. The van der Waals surface area contributed by atoms with Gasteiger partial charge in [-0.25, -0.2) is 4.68 Å². The first-order valence-corrected chi connectivity index (χ1v) is 6.53. The quantitative estimate of drug-likeness (QED) is 0.758. The third kappa shape index (κ3) is 2.28. The van der Waals surface area contributed by atoms with Crippen LogP contribution in [0.5, 0.6) is 0 Å². The highest BCUT2D eigenvalue weighted by Crippen LogP contribution is 2.23. The summed E-state index contributed by atoms with van der Waals surface area (Å²) in [6, 6.07) is 12.3. The minimum absolute atomic E-state index is 0.199. The van der Waals surface area contributed by atoms with Crippen molar-refractivity contribution in [1.29, 1.82) is 0 Å². The van der Waals surface area contributed by atoms with Gasteiger partial charge in [0.1, 0.15) is 5.75 Å². The smallest absolute Gasteiger partial charge is 0.232 e. The predicted octanol–water partition coefficient (Wildman–Crippen LogP) is 2.00. The standard InChI is InChI=1S/C12H13N2OS/c1-2-16(15)12(14-10-6-9-13-14)11-7-4-3-5-8-11/h4-10,12H,2H2,1H3. The van der Waals surface area contributed by atoms with Crippen LogP contribution in [-0.4, -0.2) is 20.1 Å². The van der Waals surface area contributed by atoms with E-state index in [0.717, 1.165) is 5.56 Å². The highest BCUT2D eigenvalue weighted by Gasteiger charge is 2.24. The molecule has 1 heterocycles. The molecule has 0 saturated heterocycles. The van der Waals surface area contributed by atoms with E-state index in [1.165, 1.54) is 0 Å². The normalized spacial score (nSPS) is 14.6. The van der Waals surface area contributed by atoms with Gasteiger partial charge >= 0.3 is 0 Å². The van der Waals surface area contributed by atoms with Gasteiger partial charge < -0.3 is 4.55 Å². The molecule has 1 radical (unpaired) electrons. The number of rotatable bonds is 4. The van der Waals surface area contributed by atoms with Gasteiger partial charge in [-0.2, -0.15) is 5.10 Å². The molecule has 2 atom stereocenters. The average Bonchev–Trinajstić information content (AvgIpc) is 2.84. The first-order valence-electron chi connectivity index (χ1n) is 5.15. The molecule has 1 aromatic heterocycles. The zero-order valence-corrected chi connectivity index (χ0v) is 9.85. The lowest BCUT2D eigenvalue weighted by Crippen LogP contribution is -2.23. The molecule has 0 aliphatic heterocycles. The van der Waals surface area contributed by atoms with Crippen LogP contribution in [0.15, 0.2) is 42.7 Å². The van der Waals surface area contributed by atoms with E-state index in [1.54, 1.807) is 10.9 Å². The molecule has 0 spiro atoms. The fourth-order valence-electron chi connectivity index (χ4n) is 1.57. The molecule has 83 valence electrons. The number of nitrogens with zero attached hydrogens (tertiary/aromatic N) is 2. The van der Waals surface area contributed by atoms with Crippen LogP contribution in [0.4, 0.5) is 0 Å². The van der Waals surface area contributed by atoms with E-state index in [-0.39, 0.29) is 5.37 Å². The molecule has 2 unspecified atom stereocenters. The second-order valence-corrected chi connectivity index (χ2v) is 5.13. The summed E-state index contributed by atoms with van der Waals surface area (Å²) in [7, 11) is 0. The van der Waals surface area contributed by atoms with Crippen LogP contribution in [0.1, 0.15) is 17.9 Å². The van der Waals surface area contributed by atoms with E-state index in [1.807, 2.05) is 43.5 Å². The molecule has 2 aromatic rings. The lowest BCUT2D eigenvalue weighted by Gasteiger charge is -2.21. The second kappa shape index (κ2) is 5.18. The number of hydrogen-bond acceptors (Lipinski definition) is 2.